The maximum absolute atomic E-state index is 11.7. The lowest BCUT2D eigenvalue weighted by Gasteiger charge is -2.33. The van der Waals surface area contributed by atoms with Crippen molar-refractivity contribution in [2.75, 3.05) is 6.61 Å². The summed E-state index contributed by atoms with van der Waals surface area (Å²) in [6.07, 6.45) is 6.67. The molecule has 1 saturated heterocycles. The fourth-order valence-corrected chi connectivity index (χ4v) is 3.43. The van der Waals surface area contributed by atoms with E-state index in [1.54, 1.807) is 0 Å². The molecule has 1 heterocycles. The van der Waals surface area contributed by atoms with Crippen LogP contribution in [0.3, 0.4) is 0 Å². The van der Waals surface area contributed by atoms with Gasteiger partial charge in [-0.1, -0.05) is 19.1 Å². The van der Waals surface area contributed by atoms with E-state index in [0.717, 1.165) is 44.5 Å². The van der Waals surface area contributed by atoms with Crippen molar-refractivity contribution in [1.29, 1.82) is 0 Å². The lowest BCUT2D eigenvalue weighted by atomic mass is 9.70. The van der Waals surface area contributed by atoms with Crippen molar-refractivity contribution in [3.63, 3.8) is 0 Å². The molecule has 0 radical (unpaired) electrons. The average molecular weight is 288 g/mol. The van der Waals surface area contributed by atoms with Crippen LogP contribution in [0.1, 0.15) is 57.4 Å². The molecule has 2 fully saturated rings. The smallest absolute Gasteiger partial charge is 0.199 e. The Morgan fingerprint density at radius 3 is 2.67 bits per heavy atom. The molecule has 114 valence electrons. The van der Waals surface area contributed by atoms with Gasteiger partial charge in [0.05, 0.1) is 6.61 Å². The van der Waals surface area contributed by atoms with E-state index in [0.29, 0.717) is 12.2 Å². The molecule has 1 aliphatic heterocycles. The standard InChI is InChI=1S/C18H24O3/c1-18(11-4-5-15(19)13-18)14-7-9-16(10-8-14)21-17-6-2-3-12-20-17/h7-10,17H,2-6,11-13H2,1H3. The Bertz CT molecular complexity index is 488. The predicted molar refractivity (Wildman–Crippen MR) is 81.5 cm³/mol. The molecular formula is C18H24O3. The summed E-state index contributed by atoms with van der Waals surface area (Å²) < 4.78 is 11.5. The molecule has 1 aromatic carbocycles. The monoisotopic (exact) mass is 288 g/mol. The molecule has 0 N–H and O–H groups in total. The molecule has 21 heavy (non-hydrogen) atoms. The summed E-state index contributed by atoms with van der Waals surface area (Å²) in [6.45, 7) is 2.99. The summed E-state index contributed by atoms with van der Waals surface area (Å²) in [4.78, 5) is 11.7. The molecule has 1 saturated carbocycles. The predicted octanol–water partition coefficient (Wildman–Crippen LogP) is 3.99. The van der Waals surface area contributed by atoms with Crippen molar-refractivity contribution in [3.05, 3.63) is 29.8 Å². The van der Waals surface area contributed by atoms with Crippen LogP contribution in [0, 0.1) is 0 Å². The number of hydrogen-bond donors (Lipinski definition) is 0. The normalized spacial score (nSPS) is 30.1. The van der Waals surface area contributed by atoms with Crippen molar-refractivity contribution in [3.8, 4) is 5.75 Å². The Kier molecular flexibility index (Phi) is 4.29. The van der Waals surface area contributed by atoms with Crippen LogP contribution >= 0.6 is 0 Å². The lowest BCUT2D eigenvalue weighted by Crippen LogP contribution is -2.30. The van der Waals surface area contributed by atoms with Gasteiger partial charge in [0.15, 0.2) is 6.29 Å². The highest BCUT2D eigenvalue weighted by atomic mass is 16.7. The second kappa shape index (κ2) is 6.18. The van der Waals surface area contributed by atoms with Crippen molar-refractivity contribution in [2.24, 2.45) is 0 Å². The number of rotatable bonds is 3. The molecule has 0 aromatic heterocycles. The van der Waals surface area contributed by atoms with Crippen LogP contribution < -0.4 is 4.74 Å². The second-order valence-electron chi connectivity index (χ2n) is 6.57. The van der Waals surface area contributed by atoms with Gasteiger partial charge in [-0.25, -0.2) is 0 Å². The molecule has 3 heteroatoms. The van der Waals surface area contributed by atoms with Gasteiger partial charge in [0.1, 0.15) is 11.5 Å². The number of ether oxygens (including phenoxy) is 2. The molecule has 1 aromatic rings. The van der Waals surface area contributed by atoms with Crippen molar-refractivity contribution in [1.82, 2.24) is 0 Å². The van der Waals surface area contributed by atoms with Gasteiger partial charge in [0, 0.05) is 19.3 Å². The van der Waals surface area contributed by atoms with Gasteiger partial charge in [-0.05, 0) is 48.8 Å². The minimum absolute atomic E-state index is 0.00476. The number of hydrogen-bond acceptors (Lipinski definition) is 3. The van der Waals surface area contributed by atoms with Crippen LogP contribution in [-0.2, 0) is 14.9 Å². The summed E-state index contributed by atoms with van der Waals surface area (Å²) in [5.41, 5.74) is 1.24. The number of carbonyl (C=O) groups excluding carboxylic acids is 1. The van der Waals surface area contributed by atoms with Gasteiger partial charge < -0.3 is 9.47 Å². The summed E-state index contributed by atoms with van der Waals surface area (Å²) in [6, 6.07) is 8.24. The average Bonchev–Trinajstić information content (AvgIpc) is 2.49. The summed E-state index contributed by atoms with van der Waals surface area (Å²) >= 11 is 0. The topological polar surface area (TPSA) is 35.5 Å². The molecule has 2 atom stereocenters. The van der Waals surface area contributed by atoms with Crippen LogP contribution in [0.4, 0.5) is 0 Å². The summed E-state index contributed by atoms with van der Waals surface area (Å²) in [5.74, 6) is 1.25. The Morgan fingerprint density at radius 2 is 2.00 bits per heavy atom. The van der Waals surface area contributed by atoms with E-state index >= 15 is 0 Å². The third-order valence-corrected chi connectivity index (χ3v) is 4.73. The fourth-order valence-electron chi connectivity index (χ4n) is 3.43. The highest BCUT2D eigenvalue weighted by Crippen LogP contribution is 2.38. The van der Waals surface area contributed by atoms with Gasteiger partial charge in [0.25, 0.3) is 0 Å². The molecule has 3 nitrogen and oxygen atoms in total. The summed E-state index contributed by atoms with van der Waals surface area (Å²) in [5, 5.41) is 0. The Balaban J connectivity index is 1.67. The number of carbonyl (C=O) groups is 1. The maximum Gasteiger partial charge on any atom is 0.199 e. The first-order chi connectivity index (χ1) is 10.2. The molecule has 0 bridgehead atoms. The molecular weight excluding hydrogens is 264 g/mol. The first-order valence-electron chi connectivity index (χ1n) is 8.06. The zero-order valence-electron chi connectivity index (χ0n) is 12.8. The van der Waals surface area contributed by atoms with E-state index in [9.17, 15) is 4.79 Å². The highest BCUT2D eigenvalue weighted by molar-refractivity contribution is 5.80. The SMILES string of the molecule is CC1(c2ccc(OC3CCCCO3)cc2)CCCC(=O)C1. The highest BCUT2D eigenvalue weighted by Gasteiger charge is 2.32. The quantitative estimate of drug-likeness (QED) is 0.843. The summed E-state index contributed by atoms with van der Waals surface area (Å²) in [7, 11) is 0. The zero-order valence-corrected chi connectivity index (χ0v) is 12.8. The maximum atomic E-state index is 11.7. The van der Waals surface area contributed by atoms with Gasteiger partial charge >= 0.3 is 0 Å². The minimum atomic E-state index is -0.101. The Hall–Kier alpha value is -1.35. The zero-order chi connectivity index (χ0) is 14.7. The van der Waals surface area contributed by atoms with E-state index in [1.165, 1.54) is 12.0 Å². The molecule has 2 aliphatic rings. The molecule has 2 unspecified atom stereocenters. The minimum Gasteiger partial charge on any atom is -0.465 e. The van der Waals surface area contributed by atoms with Crippen LogP contribution in [0.2, 0.25) is 0 Å². The van der Waals surface area contributed by atoms with Crippen molar-refractivity contribution >= 4 is 5.78 Å². The Morgan fingerprint density at radius 1 is 1.19 bits per heavy atom. The van der Waals surface area contributed by atoms with Gasteiger partial charge in [0.2, 0.25) is 0 Å². The largest absolute Gasteiger partial charge is 0.465 e. The van der Waals surface area contributed by atoms with Gasteiger partial charge in [-0.15, -0.1) is 0 Å². The third-order valence-electron chi connectivity index (χ3n) is 4.73. The van der Waals surface area contributed by atoms with Crippen molar-refractivity contribution < 1.29 is 14.3 Å². The van der Waals surface area contributed by atoms with E-state index < -0.39 is 0 Å². The van der Waals surface area contributed by atoms with Crippen LogP contribution in [0.5, 0.6) is 5.75 Å². The third kappa shape index (κ3) is 3.46. The lowest BCUT2D eigenvalue weighted by molar-refractivity contribution is -0.121. The number of ketones is 1. The van der Waals surface area contributed by atoms with E-state index in [-0.39, 0.29) is 11.7 Å². The number of benzene rings is 1. The fraction of sp³-hybridized carbons (Fsp3) is 0.611. The van der Waals surface area contributed by atoms with Crippen LogP contribution in [-0.4, -0.2) is 18.7 Å². The van der Waals surface area contributed by atoms with Crippen LogP contribution in [0.25, 0.3) is 0 Å². The molecule has 0 amide bonds. The van der Waals surface area contributed by atoms with Gasteiger partial charge in [-0.2, -0.15) is 0 Å². The first-order valence-corrected chi connectivity index (χ1v) is 8.06. The van der Waals surface area contributed by atoms with E-state index in [1.807, 2.05) is 12.1 Å². The molecule has 0 spiro atoms. The van der Waals surface area contributed by atoms with E-state index in [2.05, 4.69) is 19.1 Å². The second-order valence-corrected chi connectivity index (χ2v) is 6.57. The molecule has 1 aliphatic carbocycles. The molecule has 3 rings (SSSR count). The van der Waals surface area contributed by atoms with Gasteiger partial charge in [-0.3, -0.25) is 4.79 Å². The van der Waals surface area contributed by atoms with E-state index in [4.69, 9.17) is 9.47 Å². The van der Waals surface area contributed by atoms with Crippen molar-refractivity contribution in [2.45, 2.75) is 63.6 Å². The Labute approximate surface area is 126 Å². The number of Topliss-reactive ketones (excluding diaryl/α,β-unsaturated/α-hetero) is 1. The van der Waals surface area contributed by atoms with Crippen LogP contribution in [0.15, 0.2) is 24.3 Å². The first kappa shape index (κ1) is 14.6.